The Morgan fingerprint density at radius 2 is 1.76 bits per heavy atom. The van der Waals surface area contributed by atoms with E-state index in [1.807, 2.05) is 18.2 Å². The van der Waals surface area contributed by atoms with E-state index in [0.29, 0.717) is 17.0 Å². The van der Waals surface area contributed by atoms with Crippen molar-refractivity contribution in [2.45, 2.75) is 0 Å². The molecule has 2 heterocycles. The van der Waals surface area contributed by atoms with E-state index in [1.165, 1.54) is 16.7 Å². The number of rotatable bonds is 3. The molecule has 0 amide bonds. The van der Waals surface area contributed by atoms with Crippen LogP contribution >= 0.6 is 0 Å². The summed E-state index contributed by atoms with van der Waals surface area (Å²) in [5.74, 6) is -0.395. The summed E-state index contributed by atoms with van der Waals surface area (Å²) in [6, 6.07) is 15.4. The predicted molar refractivity (Wildman–Crippen MR) is 77.1 cm³/mol. The first-order valence-corrected chi connectivity index (χ1v) is 6.27. The van der Waals surface area contributed by atoms with Gasteiger partial charge in [0.05, 0.1) is 5.52 Å². The van der Waals surface area contributed by atoms with Gasteiger partial charge in [-0.25, -0.2) is 4.79 Å². The third-order valence-corrected chi connectivity index (χ3v) is 3.04. The highest BCUT2D eigenvalue weighted by molar-refractivity contribution is 5.88. The van der Waals surface area contributed by atoms with Crippen molar-refractivity contribution in [3.63, 3.8) is 0 Å². The summed E-state index contributed by atoms with van der Waals surface area (Å²) in [7, 11) is 0. The fraction of sp³-hybridized carbons (Fsp3) is 0. The third kappa shape index (κ3) is 2.36. The zero-order chi connectivity index (χ0) is 14.8. The highest BCUT2D eigenvalue weighted by Gasteiger charge is 2.15. The van der Waals surface area contributed by atoms with E-state index < -0.39 is 11.5 Å². The molecule has 3 rings (SSSR count). The number of aromatic nitrogens is 1. The molecule has 1 aromatic carbocycles. The molecule has 5 heteroatoms. The van der Waals surface area contributed by atoms with E-state index in [9.17, 15) is 9.59 Å². The topological polar surface area (TPSA) is 68.0 Å². The first kappa shape index (κ1) is 12.9. The zero-order valence-electron chi connectivity index (χ0n) is 10.9. The molecular weight excluding hydrogens is 270 g/mol. The van der Waals surface area contributed by atoms with Gasteiger partial charge in [0.1, 0.15) is 11.3 Å². The van der Waals surface area contributed by atoms with Gasteiger partial charge in [0.15, 0.2) is 5.75 Å². The van der Waals surface area contributed by atoms with Gasteiger partial charge < -0.3 is 9.84 Å². The highest BCUT2D eigenvalue weighted by atomic mass is 16.5. The Balaban J connectivity index is 2.24. The van der Waals surface area contributed by atoms with Crippen molar-refractivity contribution < 1.29 is 14.6 Å². The van der Waals surface area contributed by atoms with Crippen LogP contribution in [0.2, 0.25) is 0 Å². The van der Waals surface area contributed by atoms with Gasteiger partial charge in [0, 0.05) is 12.3 Å². The third-order valence-electron chi connectivity index (χ3n) is 3.04. The summed E-state index contributed by atoms with van der Waals surface area (Å²) in [5.41, 5.74) is -0.403. The molecule has 5 nitrogen and oxygen atoms in total. The van der Waals surface area contributed by atoms with Crippen LogP contribution < -0.4 is 10.3 Å². The van der Waals surface area contributed by atoms with E-state index in [2.05, 4.69) is 0 Å². The maximum Gasteiger partial charge on any atom is 0.341 e. The summed E-state index contributed by atoms with van der Waals surface area (Å²) in [5, 5.41) is 9.15. The van der Waals surface area contributed by atoms with Crippen molar-refractivity contribution in [2.75, 3.05) is 0 Å². The number of carbonyl (C=O) groups is 1. The Hall–Kier alpha value is -3.08. The van der Waals surface area contributed by atoms with Crippen molar-refractivity contribution >= 4 is 11.5 Å². The summed E-state index contributed by atoms with van der Waals surface area (Å²) < 4.78 is 6.98. The SMILES string of the molecule is O=C(O)c1cc(Oc2ccccc2)c2ccccn2c1=O. The molecule has 0 aliphatic rings. The lowest BCUT2D eigenvalue weighted by Gasteiger charge is -2.10. The molecule has 21 heavy (non-hydrogen) atoms. The number of benzene rings is 1. The average Bonchev–Trinajstić information content (AvgIpc) is 2.51. The maximum absolute atomic E-state index is 12.1. The lowest BCUT2D eigenvalue weighted by Crippen LogP contribution is -2.21. The van der Waals surface area contributed by atoms with E-state index in [0.717, 1.165) is 0 Å². The largest absolute Gasteiger partial charge is 0.477 e. The van der Waals surface area contributed by atoms with Crippen LogP contribution in [0.4, 0.5) is 0 Å². The summed E-state index contributed by atoms with van der Waals surface area (Å²) in [4.78, 5) is 23.3. The van der Waals surface area contributed by atoms with Gasteiger partial charge in [-0.3, -0.25) is 9.20 Å². The molecule has 104 valence electrons. The molecule has 1 N–H and O–H groups in total. The highest BCUT2D eigenvalue weighted by Crippen LogP contribution is 2.25. The van der Waals surface area contributed by atoms with Crippen molar-refractivity contribution in [1.29, 1.82) is 0 Å². The number of ether oxygens (including phenoxy) is 1. The molecule has 0 saturated heterocycles. The quantitative estimate of drug-likeness (QED) is 0.801. The van der Waals surface area contributed by atoms with E-state index in [4.69, 9.17) is 9.84 Å². The minimum Gasteiger partial charge on any atom is -0.477 e. The molecule has 0 atom stereocenters. The average molecular weight is 281 g/mol. The van der Waals surface area contributed by atoms with E-state index in [-0.39, 0.29) is 5.56 Å². The Labute approximate surface area is 119 Å². The summed E-state index contributed by atoms with van der Waals surface area (Å²) in [6.07, 6.45) is 1.52. The van der Waals surface area contributed by atoms with Crippen molar-refractivity contribution in [3.8, 4) is 11.5 Å². The Kier molecular flexibility index (Phi) is 3.16. The monoisotopic (exact) mass is 281 g/mol. The van der Waals surface area contributed by atoms with Gasteiger partial charge >= 0.3 is 5.97 Å². The van der Waals surface area contributed by atoms with Gasteiger partial charge in [0.25, 0.3) is 5.56 Å². The van der Waals surface area contributed by atoms with Gasteiger partial charge in [0.2, 0.25) is 0 Å². The second kappa shape index (κ2) is 5.13. The Bertz CT molecular complexity index is 868. The zero-order valence-corrected chi connectivity index (χ0v) is 10.9. The molecule has 0 fully saturated rings. The molecule has 0 saturated carbocycles. The van der Waals surface area contributed by atoms with Crippen LogP contribution in [0.3, 0.4) is 0 Å². The van der Waals surface area contributed by atoms with E-state index >= 15 is 0 Å². The number of nitrogens with zero attached hydrogens (tertiary/aromatic N) is 1. The molecular formula is C16H11NO4. The number of hydrogen-bond donors (Lipinski definition) is 1. The molecule has 0 unspecified atom stereocenters. The van der Waals surface area contributed by atoms with Gasteiger partial charge in [-0.15, -0.1) is 0 Å². The van der Waals surface area contributed by atoms with Crippen LogP contribution in [0.1, 0.15) is 10.4 Å². The second-order valence-corrected chi connectivity index (χ2v) is 4.40. The van der Waals surface area contributed by atoms with Crippen LogP contribution in [0.5, 0.6) is 11.5 Å². The number of aromatic carboxylic acids is 1. The van der Waals surface area contributed by atoms with Crippen molar-refractivity contribution in [1.82, 2.24) is 4.40 Å². The predicted octanol–water partition coefficient (Wildman–Crippen LogP) is 2.79. The van der Waals surface area contributed by atoms with Gasteiger partial charge in [-0.1, -0.05) is 24.3 Å². The molecule has 0 aliphatic heterocycles. The van der Waals surface area contributed by atoms with E-state index in [1.54, 1.807) is 30.3 Å². The standard InChI is InChI=1S/C16H11NO4/c18-15-12(16(19)20)10-14(13-8-4-5-9-17(13)15)21-11-6-2-1-3-7-11/h1-10H,(H,19,20). The maximum atomic E-state index is 12.1. The fourth-order valence-corrected chi connectivity index (χ4v) is 2.07. The van der Waals surface area contributed by atoms with Crippen molar-refractivity contribution in [2.24, 2.45) is 0 Å². The smallest absolute Gasteiger partial charge is 0.341 e. The lowest BCUT2D eigenvalue weighted by molar-refractivity contribution is 0.0694. The number of fused-ring (bicyclic) bond motifs is 1. The molecule has 0 radical (unpaired) electrons. The molecule has 0 bridgehead atoms. The minimum absolute atomic E-state index is 0.318. The number of carboxylic acids is 1. The van der Waals surface area contributed by atoms with Gasteiger partial charge in [-0.05, 0) is 24.3 Å². The van der Waals surface area contributed by atoms with Crippen molar-refractivity contribution in [3.05, 3.63) is 76.7 Å². The molecule has 2 aromatic heterocycles. The van der Waals surface area contributed by atoms with Crippen LogP contribution in [0.15, 0.2) is 65.6 Å². The first-order chi connectivity index (χ1) is 10.2. The number of hydrogen-bond acceptors (Lipinski definition) is 3. The fourth-order valence-electron chi connectivity index (χ4n) is 2.07. The second-order valence-electron chi connectivity index (χ2n) is 4.40. The van der Waals surface area contributed by atoms with Crippen LogP contribution in [-0.2, 0) is 0 Å². The Morgan fingerprint density at radius 1 is 1.05 bits per heavy atom. The van der Waals surface area contributed by atoms with Crippen LogP contribution in [0, 0.1) is 0 Å². The molecule has 0 aliphatic carbocycles. The summed E-state index contributed by atoms with van der Waals surface area (Å²) >= 11 is 0. The number of pyridine rings is 2. The normalized spacial score (nSPS) is 10.5. The number of para-hydroxylation sites is 1. The van der Waals surface area contributed by atoms with Gasteiger partial charge in [-0.2, -0.15) is 0 Å². The lowest BCUT2D eigenvalue weighted by atomic mass is 10.2. The minimum atomic E-state index is -1.28. The molecule has 0 spiro atoms. The van der Waals surface area contributed by atoms with Crippen LogP contribution in [-0.4, -0.2) is 15.5 Å². The summed E-state index contributed by atoms with van der Waals surface area (Å²) in [6.45, 7) is 0. The first-order valence-electron chi connectivity index (χ1n) is 6.27. The Morgan fingerprint density at radius 3 is 2.48 bits per heavy atom. The number of carboxylic acid groups (broad SMARTS) is 1. The van der Waals surface area contributed by atoms with Crippen LogP contribution in [0.25, 0.3) is 5.52 Å². The molecule has 3 aromatic rings.